The Kier molecular flexibility index (Phi) is 4.65. The van der Waals surface area contributed by atoms with Crippen molar-refractivity contribution in [1.82, 2.24) is 9.97 Å². The van der Waals surface area contributed by atoms with Gasteiger partial charge < -0.3 is 10.6 Å². The average molecular weight is 326 g/mol. The number of halogens is 2. The van der Waals surface area contributed by atoms with E-state index in [1.54, 1.807) is 13.0 Å². The summed E-state index contributed by atoms with van der Waals surface area (Å²) in [6, 6.07) is 15.3. The van der Waals surface area contributed by atoms with Crippen molar-refractivity contribution in [3.8, 4) is 0 Å². The molecule has 0 aliphatic heterocycles. The molecule has 0 amide bonds. The van der Waals surface area contributed by atoms with E-state index in [4.69, 9.17) is 0 Å². The van der Waals surface area contributed by atoms with Crippen molar-refractivity contribution >= 4 is 17.3 Å². The molecule has 0 saturated heterocycles. The number of rotatable bonds is 5. The fourth-order valence-corrected chi connectivity index (χ4v) is 2.23. The molecular weight excluding hydrogens is 310 g/mol. The van der Waals surface area contributed by atoms with E-state index in [9.17, 15) is 8.78 Å². The summed E-state index contributed by atoms with van der Waals surface area (Å²) in [6.07, 6.45) is 0. The Morgan fingerprint density at radius 1 is 0.875 bits per heavy atom. The maximum atomic E-state index is 13.3. The highest BCUT2D eigenvalue weighted by atomic mass is 19.2. The quantitative estimate of drug-likeness (QED) is 0.729. The minimum atomic E-state index is -0.909. The van der Waals surface area contributed by atoms with Crippen LogP contribution < -0.4 is 10.6 Å². The molecule has 0 fully saturated rings. The molecule has 1 aromatic heterocycles. The fourth-order valence-electron chi connectivity index (χ4n) is 2.23. The van der Waals surface area contributed by atoms with Crippen LogP contribution >= 0.6 is 0 Å². The summed E-state index contributed by atoms with van der Waals surface area (Å²) in [6.45, 7) is 2.39. The van der Waals surface area contributed by atoms with Gasteiger partial charge in [-0.2, -0.15) is 0 Å². The maximum Gasteiger partial charge on any atom is 0.160 e. The Morgan fingerprint density at radius 2 is 1.62 bits per heavy atom. The third kappa shape index (κ3) is 4.04. The molecule has 6 heteroatoms. The summed E-state index contributed by atoms with van der Waals surface area (Å²) in [4.78, 5) is 8.58. The van der Waals surface area contributed by atoms with Crippen LogP contribution in [0, 0.1) is 18.6 Å². The van der Waals surface area contributed by atoms with Crippen molar-refractivity contribution < 1.29 is 8.78 Å². The smallest absolute Gasteiger partial charge is 0.160 e. The van der Waals surface area contributed by atoms with Crippen molar-refractivity contribution in [2.75, 3.05) is 10.6 Å². The van der Waals surface area contributed by atoms with Crippen molar-refractivity contribution in [2.24, 2.45) is 0 Å². The molecule has 2 N–H and O–H groups in total. The van der Waals surface area contributed by atoms with Crippen LogP contribution in [0.1, 0.15) is 11.4 Å². The largest absolute Gasteiger partial charge is 0.366 e. The zero-order chi connectivity index (χ0) is 16.9. The highest BCUT2D eigenvalue weighted by molar-refractivity contribution is 5.59. The van der Waals surface area contributed by atoms with E-state index in [0.29, 0.717) is 29.7 Å². The van der Waals surface area contributed by atoms with Gasteiger partial charge in [0.1, 0.15) is 17.5 Å². The second-order valence-corrected chi connectivity index (χ2v) is 5.28. The van der Waals surface area contributed by atoms with E-state index in [0.717, 1.165) is 17.7 Å². The number of benzene rings is 2. The van der Waals surface area contributed by atoms with Crippen LogP contribution in [0.4, 0.5) is 26.1 Å². The molecule has 24 heavy (non-hydrogen) atoms. The minimum absolute atomic E-state index is 0.418. The molecule has 4 nitrogen and oxygen atoms in total. The summed E-state index contributed by atoms with van der Waals surface area (Å²) in [5.41, 5.74) is 1.55. The summed E-state index contributed by atoms with van der Waals surface area (Å²) < 4.78 is 26.3. The van der Waals surface area contributed by atoms with E-state index in [1.807, 2.05) is 30.3 Å². The molecule has 0 aliphatic rings. The second kappa shape index (κ2) is 7.04. The molecule has 0 atom stereocenters. The van der Waals surface area contributed by atoms with Gasteiger partial charge in [-0.25, -0.2) is 18.7 Å². The summed E-state index contributed by atoms with van der Waals surface area (Å²) in [5.74, 6) is -0.0727. The first kappa shape index (κ1) is 15.9. The van der Waals surface area contributed by atoms with Crippen LogP contribution in [0.15, 0.2) is 54.6 Å². The minimum Gasteiger partial charge on any atom is -0.366 e. The van der Waals surface area contributed by atoms with Gasteiger partial charge in [0.05, 0.1) is 0 Å². The number of aryl methyl sites for hydroxylation is 1. The number of anilines is 3. The van der Waals surface area contributed by atoms with E-state index in [1.165, 1.54) is 6.07 Å². The highest BCUT2D eigenvalue weighted by Crippen LogP contribution is 2.20. The number of hydrogen-bond acceptors (Lipinski definition) is 4. The number of nitrogens with one attached hydrogen (secondary N) is 2. The molecule has 122 valence electrons. The van der Waals surface area contributed by atoms with Crippen LogP contribution in [0.3, 0.4) is 0 Å². The first-order valence-corrected chi connectivity index (χ1v) is 7.46. The van der Waals surface area contributed by atoms with E-state index < -0.39 is 11.6 Å². The molecule has 1 heterocycles. The molecule has 2 aromatic carbocycles. The molecule has 3 aromatic rings. The first-order valence-electron chi connectivity index (χ1n) is 7.46. The van der Waals surface area contributed by atoms with Crippen molar-refractivity contribution in [3.63, 3.8) is 0 Å². The van der Waals surface area contributed by atoms with Crippen LogP contribution in [0.5, 0.6) is 0 Å². The molecule has 3 rings (SSSR count). The molecule has 0 saturated carbocycles. The summed E-state index contributed by atoms with van der Waals surface area (Å²) in [7, 11) is 0. The van der Waals surface area contributed by atoms with Crippen LogP contribution in [0.25, 0.3) is 0 Å². The van der Waals surface area contributed by atoms with Crippen molar-refractivity contribution in [2.45, 2.75) is 13.5 Å². The lowest BCUT2D eigenvalue weighted by Gasteiger charge is -2.10. The number of aromatic nitrogens is 2. The van der Waals surface area contributed by atoms with Gasteiger partial charge in [-0.1, -0.05) is 30.3 Å². The predicted octanol–water partition coefficient (Wildman–Crippen LogP) is 4.42. The van der Waals surface area contributed by atoms with Crippen molar-refractivity contribution in [3.05, 3.63) is 77.6 Å². The predicted molar refractivity (Wildman–Crippen MR) is 90.2 cm³/mol. The van der Waals surface area contributed by atoms with E-state index in [-0.39, 0.29) is 0 Å². The normalized spacial score (nSPS) is 10.5. The molecule has 0 radical (unpaired) electrons. The Balaban J connectivity index is 1.74. The van der Waals surface area contributed by atoms with Gasteiger partial charge in [0, 0.05) is 24.4 Å². The Hall–Kier alpha value is -3.02. The Bertz CT molecular complexity index is 838. The maximum absolute atomic E-state index is 13.3. The summed E-state index contributed by atoms with van der Waals surface area (Å²) in [5, 5.41) is 6.18. The van der Waals surface area contributed by atoms with Crippen molar-refractivity contribution in [1.29, 1.82) is 0 Å². The van der Waals surface area contributed by atoms with Gasteiger partial charge in [0.25, 0.3) is 0 Å². The van der Waals surface area contributed by atoms with Gasteiger partial charge in [0.2, 0.25) is 0 Å². The Labute approximate surface area is 138 Å². The average Bonchev–Trinajstić information content (AvgIpc) is 2.57. The van der Waals surface area contributed by atoms with E-state index in [2.05, 4.69) is 20.6 Å². The first-order chi connectivity index (χ1) is 11.6. The fraction of sp³-hybridized carbons (Fsp3) is 0.111. The lowest BCUT2D eigenvalue weighted by molar-refractivity contribution is 0.509. The topological polar surface area (TPSA) is 49.8 Å². The van der Waals surface area contributed by atoms with Gasteiger partial charge in [-0.3, -0.25) is 0 Å². The van der Waals surface area contributed by atoms with Crippen LogP contribution in [0.2, 0.25) is 0 Å². The highest BCUT2D eigenvalue weighted by Gasteiger charge is 2.06. The van der Waals surface area contributed by atoms with Gasteiger partial charge in [0.15, 0.2) is 11.6 Å². The number of hydrogen-bond donors (Lipinski definition) is 2. The lowest BCUT2D eigenvalue weighted by Crippen LogP contribution is -2.05. The molecule has 0 aliphatic carbocycles. The van der Waals surface area contributed by atoms with E-state index >= 15 is 0 Å². The standard InChI is InChI=1S/C18H16F2N4/c1-12-22-17(21-11-13-5-3-2-4-6-13)10-18(23-12)24-14-7-8-15(19)16(20)9-14/h2-10H,11H2,1H3,(H2,21,22,23,24). The third-order valence-electron chi connectivity index (χ3n) is 3.35. The van der Waals surface area contributed by atoms with Gasteiger partial charge >= 0.3 is 0 Å². The van der Waals surface area contributed by atoms with Crippen LogP contribution in [-0.4, -0.2) is 9.97 Å². The summed E-state index contributed by atoms with van der Waals surface area (Å²) >= 11 is 0. The monoisotopic (exact) mass is 326 g/mol. The van der Waals surface area contributed by atoms with Gasteiger partial charge in [-0.05, 0) is 24.6 Å². The zero-order valence-corrected chi connectivity index (χ0v) is 13.1. The van der Waals surface area contributed by atoms with Gasteiger partial charge in [-0.15, -0.1) is 0 Å². The molecule has 0 unspecified atom stereocenters. The number of nitrogens with zero attached hydrogens (tertiary/aromatic N) is 2. The second-order valence-electron chi connectivity index (χ2n) is 5.28. The lowest BCUT2D eigenvalue weighted by atomic mass is 10.2. The molecule has 0 spiro atoms. The molecular formula is C18H16F2N4. The SMILES string of the molecule is Cc1nc(NCc2ccccc2)cc(Nc2ccc(F)c(F)c2)n1. The third-order valence-corrected chi connectivity index (χ3v) is 3.35. The van der Waals surface area contributed by atoms with Crippen LogP contribution in [-0.2, 0) is 6.54 Å². The zero-order valence-electron chi connectivity index (χ0n) is 13.1. The molecule has 0 bridgehead atoms. The Morgan fingerprint density at radius 3 is 2.38 bits per heavy atom.